The molecule has 0 atom stereocenters. The number of carbonyl (C=O) groups excluding carboxylic acids is 1. The zero-order valence-electron chi connectivity index (χ0n) is 16.0. The maximum atomic E-state index is 12.7. The highest BCUT2D eigenvalue weighted by Gasteiger charge is 2.12. The number of benzene rings is 1. The zero-order valence-corrected chi connectivity index (χ0v) is 16.0. The van der Waals surface area contributed by atoms with Gasteiger partial charge in [-0.3, -0.25) is 4.79 Å². The summed E-state index contributed by atoms with van der Waals surface area (Å²) in [6.07, 6.45) is 0.806. The summed E-state index contributed by atoms with van der Waals surface area (Å²) >= 11 is 0. The summed E-state index contributed by atoms with van der Waals surface area (Å²) < 4.78 is 35.5. The lowest BCUT2D eigenvalue weighted by Crippen LogP contribution is -2.43. The minimum absolute atomic E-state index is 0.0157. The third-order valence-electron chi connectivity index (χ3n) is 3.27. The van der Waals surface area contributed by atoms with Gasteiger partial charge in [0.15, 0.2) is 5.96 Å². The number of alkyl halides is 2. The van der Waals surface area contributed by atoms with Crippen molar-refractivity contribution in [1.82, 2.24) is 16.0 Å². The SMILES string of the molecule is CCCOc1ccc(CN=C(NCC)NCC(=O)NCC)c(OC(F)F)c1. The Kier molecular flexibility index (Phi) is 10.6. The first-order chi connectivity index (χ1) is 13.0. The standard InChI is InChI=1S/C18H28F2N4O3/c1-4-9-26-14-8-7-13(15(10-14)27-17(19)20)11-23-18(22-6-3)24-12-16(25)21-5-2/h7-8,10,17H,4-6,9,11-12H2,1-3H3,(H,21,25)(H2,22,23,24). The molecule has 7 nitrogen and oxygen atoms in total. The second-order valence-corrected chi connectivity index (χ2v) is 5.50. The molecule has 1 aromatic rings. The first kappa shape index (κ1) is 22.5. The van der Waals surface area contributed by atoms with Gasteiger partial charge in [0, 0.05) is 24.7 Å². The molecule has 27 heavy (non-hydrogen) atoms. The van der Waals surface area contributed by atoms with Gasteiger partial charge >= 0.3 is 6.61 Å². The quantitative estimate of drug-likeness (QED) is 0.401. The Morgan fingerprint density at radius 1 is 1.15 bits per heavy atom. The normalized spacial score (nSPS) is 11.3. The average Bonchev–Trinajstić information content (AvgIpc) is 2.63. The van der Waals surface area contributed by atoms with Crippen LogP contribution in [0.25, 0.3) is 0 Å². The maximum absolute atomic E-state index is 12.7. The molecule has 0 bridgehead atoms. The van der Waals surface area contributed by atoms with E-state index in [0.29, 0.717) is 37.0 Å². The van der Waals surface area contributed by atoms with Crippen molar-refractivity contribution in [1.29, 1.82) is 0 Å². The van der Waals surface area contributed by atoms with Crippen LogP contribution < -0.4 is 25.4 Å². The van der Waals surface area contributed by atoms with Crippen LogP contribution >= 0.6 is 0 Å². The van der Waals surface area contributed by atoms with E-state index in [1.807, 2.05) is 20.8 Å². The lowest BCUT2D eigenvalue weighted by molar-refractivity contribution is -0.119. The molecule has 0 heterocycles. The molecule has 0 saturated carbocycles. The van der Waals surface area contributed by atoms with Gasteiger partial charge in [-0.1, -0.05) is 6.92 Å². The molecule has 0 radical (unpaired) electrons. The van der Waals surface area contributed by atoms with E-state index in [4.69, 9.17) is 4.74 Å². The Morgan fingerprint density at radius 2 is 1.89 bits per heavy atom. The van der Waals surface area contributed by atoms with Gasteiger partial charge in [-0.2, -0.15) is 8.78 Å². The molecule has 1 aromatic carbocycles. The summed E-state index contributed by atoms with van der Waals surface area (Å²) in [6.45, 7) is 4.49. The van der Waals surface area contributed by atoms with Gasteiger partial charge in [-0.15, -0.1) is 0 Å². The Hall–Kier alpha value is -2.58. The summed E-state index contributed by atoms with van der Waals surface area (Å²) in [5.74, 6) is 0.712. The van der Waals surface area contributed by atoms with Crippen molar-refractivity contribution in [2.24, 2.45) is 4.99 Å². The molecule has 3 N–H and O–H groups in total. The molecule has 0 aliphatic heterocycles. The molecule has 9 heteroatoms. The van der Waals surface area contributed by atoms with E-state index < -0.39 is 6.61 Å². The molecule has 0 spiro atoms. The molecule has 1 rings (SSSR count). The van der Waals surface area contributed by atoms with E-state index in [1.165, 1.54) is 6.07 Å². The zero-order chi connectivity index (χ0) is 20.1. The highest BCUT2D eigenvalue weighted by atomic mass is 19.3. The second kappa shape index (κ2) is 12.7. The lowest BCUT2D eigenvalue weighted by atomic mass is 10.2. The molecule has 152 valence electrons. The molecule has 0 aromatic heterocycles. The van der Waals surface area contributed by atoms with Gasteiger partial charge in [0.25, 0.3) is 0 Å². The maximum Gasteiger partial charge on any atom is 0.387 e. The van der Waals surface area contributed by atoms with Crippen LogP contribution in [0.2, 0.25) is 0 Å². The monoisotopic (exact) mass is 386 g/mol. The minimum atomic E-state index is -2.95. The Labute approximate surface area is 158 Å². The van der Waals surface area contributed by atoms with Gasteiger partial charge < -0.3 is 25.4 Å². The molecule has 0 aliphatic rings. The summed E-state index contributed by atoms with van der Waals surface area (Å²) in [5, 5.41) is 8.55. The number of hydrogen-bond acceptors (Lipinski definition) is 4. The molecule has 0 saturated heterocycles. The Bertz CT molecular complexity index is 612. The van der Waals surface area contributed by atoms with Crippen LogP contribution in [-0.2, 0) is 11.3 Å². The van der Waals surface area contributed by atoms with E-state index in [1.54, 1.807) is 12.1 Å². The van der Waals surface area contributed by atoms with E-state index >= 15 is 0 Å². The van der Waals surface area contributed by atoms with Crippen LogP contribution in [0.4, 0.5) is 8.78 Å². The summed E-state index contributed by atoms with van der Waals surface area (Å²) in [7, 11) is 0. The number of carbonyl (C=O) groups is 1. The number of nitrogens with zero attached hydrogens (tertiary/aromatic N) is 1. The highest BCUT2D eigenvalue weighted by Crippen LogP contribution is 2.27. The summed E-state index contributed by atoms with van der Waals surface area (Å²) in [4.78, 5) is 15.9. The molecule has 1 amide bonds. The number of guanidine groups is 1. The van der Waals surface area contributed by atoms with E-state index in [9.17, 15) is 13.6 Å². The molecular weight excluding hydrogens is 358 g/mol. The largest absolute Gasteiger partial charge is 0.493 e. The smallest absolute Gasteiger partial charge is 0.387 e. The van der Waals surface area contributed by atoms with Crippen LogP contribution in [0.5, 0.6) is 11.5 Å². The summed E-state index contributed by atoms with van der Waals surface area (Å²) in [6, 6.07) is 4.76. The van der Waals surface area contributed by atoms with Crippen molar-refractivity contribution in [2.75, 3.05) is 26.2 Å². The Morgan fingerprint density at radius 3 is 2.52 bits per heavy atom. The number of aliphatic imine (C=N–C) groups is 1. The third kappa shape index (κ3) is 9.07. The van der Waals surface area contributed by atoms with Crippen LogP contribution in [0, 0.1) is 0 Å². The molecule has 0 aliphatic carbocycles. The molecule has 0 fully saturated rings. The van der Waals surface area contributed by atoms with Gasteiger partial charge in [0.05, 0.1) is 19.7 Å². The molecule has 0 unspecified atom stereocenters. The number of nitrogens with one attached hydrogen (secondary N) is 3. The van der Waals surface area contributed by atoms with Crippen LogP contribution in [0.1, 0.15) is 32.8 Å². The fourth-order valence-corrected chi connectivity index (χ4v) is 2.11. The van der Waals surface area contributed by atoms with Crippen molar-refractivity contribution >= 4 is 11.9 Å². The van der Waals surface area contributed by atoms with E-state index in [2.05, 4.69) is 25.7 Å². The van der Waals surface area contributed by atoms with Crippen molar-refractivity contribution in [3.8, 4) is 11.5 Å². The topological polar surface area (TPSA) is 84.0 Å². The average molecular weight is 386 g/mol. The van der Waals surface area contributed by atoms with Gasteiger partial charge in [0.2, 0.25) is 5.91 Å². The number of hydrogen-bond donors (Lipinski definition) is 3. The third-order valence-corrected chi connectivity index (χ3v) is 3.27. The van der Waals surface area contributed by atoms with Crippen LogP contribution in [-0.4, -0.2) is 44.7 Å². The number of rotatable bonds is 11. The minimum Gasteiger partial charge on any atom is -0.493 e. The lowest BCUT2D eigenvalue weighted by Gasteiger charge is -2.14. The fraction of sp³-hybridized carbons (Fsp3) is 0.556. The van der Waals surface area contributed by atoms with Gasteiger partial charge in [-0.25, -0.2) is 4.99 Å². The van der Waals surface area contributed by atoms with Crippen molar-refractivity contribution in [3.05, 3.63) is 23.8 Å². The van der Waals surface area contributed by atoms with E-state index in [-0.39, 0.29) is 24.7 Å². The van der Waals surface area contributed by atoms with Crippen molar-refractivity contribution in [2.45, 2.75) is 40.3 Å². The van der Waals surface area contributed by atoms with E-state index in [0.717, 1.165) is 6.42 Å². The van der Waals surface area contributed by atoms with Gasteiger partial charge in [-0.05, 0) is 32.4 Å². The second-order valence-electron chi connectivity index (χ2n) is 5.50. The van der Waals surface area contributed by atoms with Gasteiger partial charge in [0.1, 0.15) is 11.5 Å². The highest BCUT2D eigenvalue weighted by molar-refractivity contribution is 5.86. The Balaban J connectivity index is 2.87. The van der Waals surface area contributed by atoms with Crippen molar-refractivity contribution < 1.29 is 23.0 Å². The predicted octanol–water partition coefficient (Wildman–Crippen LogP) is 2.27. The number of likely N-dealkylation sites (N-methyl/N-ethyl adjacent to an activating group) is 1. The summed E-state index contributed by atoms with van der Waals surface area (Å²) in [5.41, 5.74) is 0.481. The van der Waals surface area contributed by atoms with Crippen LogP contribution in [0.3, 0.4) is 0 Å². The van der Waals surface area contributed by atoms with Crippen LogP contribution in [0.15, 0.2) is 23.2 Å². The first-order valence-electron chi connectivity index (χ1n) is 8.99. The number of halogens is 2. The number of ether oxygens (including phenoxy) is 2. The first-order valence-corrected chi connectivity index (χ1v) is 8.99. The number of amides is 1. The predicted molar refractivity (Wildman–Crippen MR) is 100 cm³/mol. The van der Waals surface area contributed by atoms with Crippen molar-refractivity contribution in [3.63, 3.8) is 0 Å². The fourth-order valence-electron chi connectivity index (χ4n) is 2.11. The molecular formula is C18H28F2N4O3.